The van der Waals surface area contributed by atoms with E-state index in [1.165, 1.54) is 12.0 Å². The fraction of sp³-hybridized carbons (Fsp3) is 0.588. The summed E-state index contributed by atoms with van der Waals surface area (Å²) in [4.78, 5) is 15.1. The van der Waals surface area contributed by atoms with Crippen molar-refractivity contribution >= 4 is 18.3 Å². The lowest BCUT2D eigenvalue weighted by atomic mass is 9.89. The van der Waals surface area contributed by atoms with Crippen molar-refractivity contribution in [3.63, 3.8) is 0 Å². The van der Waals surface area contributed by atoms with Gasteiger partial charge in [-0.3, -0.25) is 4.79 Å². The number of hydrogen-bond donors (Lipinski definition) is 1. The Bertz CT molecular complexity index is 515. The molecule has 114 valence electrons. The molecule has 3 fully saturated rings. The van der Waals surface area contributed by atoms with E-state index >= 15 is 0 Å². The molecular weight excluding hydrogens is 284 g/mol. The quantitative estimate of drug-likeness (QED) is 0.909. The molecule has 0 radical (unpaired) electrons. The minimum absolute atomic E-state index is 0. The van der Waals surface area contributed by atoms with Crippen LogP contribution in [0.5, 0.6) is 0 Å². The number of nitrogens with one attached hydrogen (secondary N) is 1. The monoisotopic (exact) mass is 306 g/mol. The van der Waals surface area contributed by atoms with E-state index in [2.05, 4.69) is 34.5 Å². The van der Waals surface area contributed by atoms with Crippen LogP contribution in [0.15, 0.2) is 30.3 Å². The number of fused-ring (bicyclic) bond motifs is 1. The molecule has 0 bridgehead atoms. The third-order valence-electron chi connectivity index (χ3n) is 5.43. The van der Waals surface area contributed by atoms with Crippen LogP contribution in [0.25, 0.3) is 0 Å². The van der Waals surface area contributed by atoms with Gasteiger partial charge < -0.3 is 10.2 Å². The first kappa shape index (κ1) is 14.9. The second-order valence-corrected chi connectivity index (χ2v) is 6.60. The summed E-state index contributed by atoms with van der Waals surface area (Å²) in [7, 11) is 0. The first-order valence-electron chi connectivity index (χ1n) is 7.88. The average molecular weight is 307 g/mol. The normalized spacial score (nSPS) is 29.4. The van der Waals surface area contributed by atoms with Crippen LogP contribution in [-0.2, 0) is 10.2 Å². The van der Waals surface area contributed by atoms with Crippen molar-refractivity contribution in [2.24, 2.45) is 5.92 Å². The van der Waals surface area contributed by atoms with Gasteiger partial charge in [-0.2, -0.15) is 0 Å². The van der Waals surface area contributed by atoms with Gasteiger partial charge in [-0.15, -0.1) is 12.4 Å². The molecule has 4 heteroatoms. The predicted molar refractivity (Wildman–Crippen MR) is 85.7 cm³/mol. The predicted octanol–water partition coefficient (Wildman–Crippen LogP) is 2.35. The molecule has 3 aliphatic rings. The number of likely N-dealkylation sites (tertiary alicyclic amines) is 1. The summed E-state index contributed by atoms with van der Waals surface area (Å²) in [5.74, 6) is 1.06. The van der Waals surface area contributed by atoms with Gasteiger partial charge in [0.1, 0.15) is 0 Å². The molecule has 3 nitrogen and oxygen atoms in total. The lowest BCUT2D eigenvalue weighted by Gasteiger charge is -2.37. The van der Waals surface area contributed by atoms with Gasteiger partial charge in [0.05, 0.1) is 5.41 Å². The SMILES string of the molecule is Cl.O=C(N1CCC2NCCC2C1)C1(c2ccccc2)CC1. The van der Waals surface area contributed by atoms with Crippen molar-refractivity contribution in [2.75, 3.05) is 19.6 Å². The Hall–Kier alpha value is -1.06. The van der Waals surface area contributed by atoms with Gasteiger partial charge in [0.15, 0.2) is 0 Å². The lowest BCUT2D eigenvalue weighted by molar-refractivity contribution is -0.135. The molecule has 0 aromatic heterocycles. The van der Waals surface area contributed by atoms with E-state index in [4.69, 9.17) is 0 Å². The molecule has 1 aromatic carbocycles. The van der Waals surface area contributed by atoms with Crippen LogP contribution >= 0.6 is 12.4 Å². The fourth-order valence-electron chi connectivity index (χ4n) is 4.04. The van der Waals surface area contributed by atoms with E-state index in [1.807, 2.05) is 6.07 Å². The summed E-state index contributed by atoms with van der Waals surface area (Å²) >= 11 is 0. The van der Waals surface area contributed by atoms with Crippen molar-refractivity contribution in [3.05, 3.63) is 35.9 Å². The zero-order valence-electron chi connectivity index (χ0n) is 12.3. The van der Waals surface area contributed by atoms with Crippen LogP contribution in [0, 0.1) is 5.92 Å². The highest BCUT2D eigenvalue weighted by Gasteiger charge is 2.53. The van der Waals surface area contributed by atoms with Crippen molar-refractivity contribution in [3.8, 4) is 0 Å². The van der Waals surface area contributed by atoms with Crippen molar-refractivity contribution in [2.45, 2.75) is 37.1 Å². The number of carbonyl (C=O) groups is 1. The smallest absolute Gasteiger partial charge is 0.233 e. The highest BCUT2D eigenvalue weighted by Crippen LogP contribution is 2.50. The Morgan fingerprint density at radius 1 is 1.19 bits per heavy atom. The molecule has 2 unspecified atom stereocenters. The lowest BCUT2D eigenvalue weighted by Crippen LogP contribution is -2.50. The van der Waals surface area contributed by atoms with Gasteiger partial charge >= 0.3 is 0 Å². The standard InChI is InChI=1S/C17H22N2O.ClH/c20-16(17(8-9-17)14-4-2-1-3-5-14)19-11-7-15-13(12-19)6-10-18-15;/h1-5,13,15,18H,6-12H2;1H. The second kappa shape index (κ2) is 5.62. The van der Waals surface area contributed by atoms with Crippen LogP contribution in [0.3, 0.4) is 0 Å². The summed E-state index contributed by atoms with van der Waals surface area (Å²) in [6.07, 6.45) is 4.41. The fourth-order valence-corrected chi connectivity index (χ4v) is 4.04. The van der Waals surface area contributed by atoms with Gasteiger partial charge in [-0.25, -0.2) is 0 Å². The van der Waals surface area contributed by atoms with Crippen molar-refractivity contribution < 1.29 is 4.79 Å². The molecular formula is C17H23ClN2O. The number of carbonyl (C=O) groups excluding carboxylic acids is 1. The van der Waals surface area contributed by atoms with Gasteiger partial charge in [0, 0.05) is 19.1 Å². The van der Waals surface area contributed by atoms with Crippen LogP contribution in [0.4, 0.5) is 0 Å². The summed E-state index contributed by atoms with van der Waals surface area (Å²) < 4.78 is 0. The molecule has 2 heterocycles. The maximum Gasteiger partial charge on any atom is 0.233 e. The minimum Gasteiger partial charge on any atom is -0.342 e. The number of hydrogen-bond acceptors (Lipinski definition) is 2. The van der Waals surface area contributed by atoms with Gasteiger partial charge in [-0.05, 0) is 43.7 Å². The summed E-state index contributed by atoms with van der Waals surface area (Å²) in [6, 6.07) is 11.0. The number of rotatable bonds is 2. The molecule has 1 aromatic rings. The van der Waals surface area contributed by atoms with E-state index in [1.54, 1.807) is 0 Å². The molecule has 2 aliphatic heterocycles. The van der Waals surface area contributed by atoms with E-state index < -0.39 is 0 Å². The van der Waals surface area contributed by atoms with Gasteiger partial charge in [0.25, 0.3) is 0 Å². The molecule has 1 amide bonds. The van der Waals surface area contributed by atoms with E-state index in [9.17, 15) is 4.79 Å². The summed E-state index contributed by atoms with van der Waals surface area (Å²) in [5, 5.41) is 3.57. The molecule has 2 atom stereocenters. The molecule has 1 N–H and O–H groups in total. The van der Waals surface area contributed by atoms with Crippen molar-refractivity contribution in [1.29, 1.82) is 0 Å². The molecule has 2 saturated heterocycles. The summed E-state index contributed by atoms with van der Waals surface area (Å²) in [5.41, 5.74) is 1.04. The Balaban J connectivity index is 0.00000132. The van der Waals surface area contributed by atoms with E-state index in [-0.39, 0.29) is 17.8 Å². The number of benzene rings is 1. The highest BCUT2D eigenvalue weighted by molar-refractivity contribution is 5.91. The molecule has 1 saturated carbocycles. The largest absolute Gasteiger partial charge is 0.342 e. The molecule has 4 rings (SSSR count). The second-order valence-electron chi connectivity index (χ2n) is 6.60. The van der Waals surface area contributed by atoms with Gasteiger partial charge in [-0.1, -0.05) is 30.3 Å². The first-order valence-corrected chi connectivity index (χ1v) is 7.88. The third-order valence-corrected chi connectivity index (χ3v) is 5.43. The first-order chi connectivity index (χ1) is 9.79. The van der Waals surface area contributed by atoms with Crippen molar-refractivity contribution in [1.82, 2.24) is 10.2 Å². The zero-order chi connectivity index (χ0) is 13.6. The van der Waals surface area contributed by atoms with Crippen LogP contribution in [0.1, 0.15) is 31.2 Å². The Morgan fingerprint density at radius 2 is 1.95 bits per heavy atom. The maximum absolute atomic E-state index is 13.0. The highest BCUT2D eigenvalue weighted by atomic mass is 35.5. The topological polar surface area (TPSA) is 32.3 Å². The number of nitrogens with zero attached hydrogens (tertiary/aromatic N) is 1. The molecule has 1 aliphatic carbocycles. The maximum atomic E-state index is 13.0. The summed E-state index contributed by atoms with van der Waals surface area (Å²) in [6.45, 7) is 3.02. The molecule has 21 heavy (non-hydrogen) atoms. The van der Waals surface area contributed by atoms with Crippen LogP contribution in [-0.4, -0.2) is 36.5 Å². The molecule has 0 spiro atoms. The number of amides is 1. The number of piperidine rings is 1. The Morgan fingerprint density at radius 3 is 2.67 bits per heavy atom. The Labute approximate surface area is 132 Å². The zero-order valence-corrected chi connectivity index (χ0v) is 13.1. The number of halogens is 1. The van der Waals surface area contributed by atoms with Crippen LogP contribution < -0.4 is 5.32 Å². The van der Waals surface area contributed by atoms with E-state index in [0.717, 1.165) is 38.9 Å². The van der Waals surface area contributed by atoms with E-state index in [0.29, 0.717) is 17.9 Å². The van der Waals surface area contributed by atoms with Gasteiger partial charge in [0.2, 0.25) is 5.91 Å². The minimum atomic E-state index is -0.180. The van der Waals surface area contributed by atoms with Crippen LogP contribution in [0.2, 0.25) is 0 Å². The third kappa shape index (κ3) is 2.47. The average Bonchev–Trinajstić information content (AvgIpc) is 3.18. The Kier molecular flexibility index (Phi) is 3.98.